The molecule has 2 amide bonds. The van der Waals surface area contributed by atoms with Gasteiger partial charge in [-0.05, 0) is 54.7 Å². The number of carbonyl (C=O) groups is 2. The van der Waals surface area contributed by atoms with Crippen molar-refractivity contribution in [3.63, 3.8) is 0 Å². The quantitative estimate of drug-likeness (QED) is 0.685. The van der Waals surface area contributed by atoms with E-state index in [1.165, 1.54) is 13.2 Å². The van der Waals surface area contributed by atoms with Gasteiger partial charge in [-0.15, -0.1) is 0 Å². The molecule has 2 aromatic carbocycles. The van der Waals surface area contributed by atoms with Gasteiger partial charge >= 0.3 is 0 Å². The summed E-state index contributed by atoms with van der Waals surface area (Å²) in [6.45, 7) is 0.397. The number of halogens is 2. The molecule has 154 valence electrons. The number of nitrogens with one attached hydrogen (secondary N) is 2. The Bertz CT molecular complexity index is 905. The molecule has 3 rings (SSSR count). The number of benzene rings is 2. The Kier molecular flexibility index (Phi) is 6.75. The van der Waals surface area contributed by atoms with Gasteiger partial charge < -0.3 is 15.4 Å². The molecule has 0 bridgehead atoms. The Balaban J connectivity index is 1.61. The van der Waals surface area contributed by atoms with Gasteiger partial charge in [0.1, 0.15) is 0 Å². The van der Waals surface area contributed by atoms with Crippen LogP contribution in [0, 0.1) is 5.82 Å². The van der Waals surface area contributed by atoms with E-state index in [4.69, 9.17) is 16.3 Å². The summed E-state index contributed by atoms with van der Waals surface area (Å²) in [6, 6.07) is 12.0. The number of ether oxygens (including phenoxy) is 1. The van der Waals surface area contributed by atoms with Crippen LogP contribution in [0.15, 0.2) is 42.5 Å². The van der Waals surface area contributed by atoms with Gasteiger partial charge in [0, 0.05) is 29.9 Å². The molecule has 0 aromatic heterocycles. The summed E-state index contributed by atoms with van der Waals surface area (Å²) in [6.07, 6.45) is 2.34. The topological polar surface area (TPSA) is 67.4 Å². The number of carbonyl (C=O) groups excluding carboxylic acids is 2. The van der Waals surface area contributed by atoms with Crippen LogP contribution in [0.5, 0.6) is 5.75 Å². The van der Waals surface area contributed by atoms with Crippen LogP contribution in [0.2, 0.25) is 5.02 Å². The molecule has 1 aliphatic rings. The predicted molar refractivity (Wildman–Crippen MR) is 109 cm³/mol. The minimum absolute atomic E-state index is 0.0292. The first-order valence-electron chi connectivity index (χ1n) is 9.54. The molecule has 1 heterocycles. The van der Waals surface area contributed by atoms with Gasteiger partial charge in [-0.3, -0.25) is 9.59 Å². The van der Waals surface area contributed by atoms with Gasteiger partial charge in [0.15, 0.2) is 11.6 Å². The monoisotopic (exact) mass is 418 g/mol. The van der Waals surface area contributed by atoms with Crippen LogP contribution in [0.3, 0.4) is 0 Å². The van der Waals surface area contributed by atoms with E-state index in [1.807, 2.05) is 18.2 Å². The maximum Gasteiger partial charge on any atom is 0.220 e. The van der Waals surface area contributed by atoms with E-state index in [0.717, 1.165) is 11.1 Å². The number of rotatable bonds is 8. The molecule has 1 aliphatic heterocycles. The summed E-state index contributed by atoms with van der Waals surface area (Å²) >= 11 is 5.96. The highest BCUT2D eigenvalue weighted by Crippen LogP contribution is 2.31. The lowest BCUT2D eigenvalue weighted by molar-refractivity contribution is -0.122. The van der Waals surface area contributed by atoms with Crippen LogP contribution >= 0.6 is 11.6 Å². The first-order chi connectivity index (χ1) is 13.9. The third-order valence-electron chi connectivity index (χ3n) is 5.20. The fraction of sp³-hybridized carbons (Fsp3) is 0.364. The predicted octanol–water partition coefficient (Wildman–Crippen LogP) is 3.78. The zero-order valence-corrected chi connectivity index (χ0v) is 17.0. The Morgan fingerprint density at radius 2 is 2.10 bits per heavy atom. The van der Waals surface area contributed by atoms with Crippen molar-refractivity contribution in [1.82, 2.24) is 10.6 Å². The molecule has 0 aliphatic carbocycles. The molecule has 1 atom stereocenters. The second-order valence-electron chi connectivity index (χ2n) is 7.38. The van der Waals surface area contributed by atoms with E-state index < -0.39 is 11.4 Å². The molecular formula is C22H24ClFN2O3. The molecule has 2 N–H and O–H groups in total. The molecule has 1 fully saturated rings. The van der Waals surface area contributed by atoms with Crippen LogP contribution in [0.1, 0.15) is 36.8 Å². The summed E-state index contributed by atoms with van der Waals surface area (Å²) < 4.78 is 18.7. The third kappa shape index (κ3) is 5.70. The summed E-state index contributed by atoms with van der Waals surface area (Å²) in [5.41, 5.74) is 1.26. The normalized spacial score (nSPS) is 18.4. The van der Waals surface area contributed by atoms with Crippen LogP contribution in [-0.2, 0) is 22.6 Å². The van der Waals surface area contributed by atoms with Gasteiger partial charge in [-0.2, -0.15) is 0 Å². The second-order valence-corrected chi connectivity index (χ2v) is 7.82. The van der Waals surface area contributed by atoms with Gasteiger partial charge in [0.05, 0.1) is 7.11 Å². The van der Waals surface area contributed by atoms with E-state index in [2.05, 4.69) is 10.6 Å². The largest absolute Gasteiger partial charge is 0.494 e. The second kappa shape index (κ2) is 9.27. The van der Waals surface area contributed by atoms with E-state index in [0.29, 0.717) is 37.3 Å². The number of amides is 2. The average Bonchev–Trinajstić information content (AvgIpc) is 3.07. The van der Waals surface area contributed by atoms with Gasteiger partial charge in [-0.25, -0.2) is 4.39 Å². The number of hydrogen-bond acceptors (Lipinski definition) is 3. The number of hydrogen-bond donors (Lipinski definition) is 2. The number of methoxy groups -OCH3 is 1. The fourth-order valence-electron chi connectivity index (χ4n) is 3.68. The van der Waals surface area contributed by atoms with Crippen molar-refractivity contribution in [2.45, 2.75) is 44.2 Å². The van der Waals surface area contributed by atoms with E-state index in [1.54, 1.807) is 18.2 Å². The van der Waals surface area contributed by atoms with Crippen molar-refractivity contribution in [3.8, 4) is 5.75 Å². The zero-order valence-electron chi connectivity index (χ0n) is 16.3. The Morgan fingerprint density at radius 1 is 1.28 bits per heavy atom. The maximum atomic E-state index is 13.7. The van der Waals surface area contributed by atoms with E-state index in [-0.39, 0.29) is 24.0 Å². The molecule has 7 heteroatoms. The van der Waals surface area contributed by atoms with Crippen molar-refractivity contribution in [2.75, 3.05) is 7.11 Å². The molecule has 5 nitrogen and oxygen atoms in total. The molecule has 0 saturated carbocycles. The SMILES string of the molecule is COc1cc(C[C@@]2(CCC(=O)NCc3cccc(Cl)c3)CCC(=O)N2)ccc1F. The Labute approximate surface area is 174 Å². The summed E-state index contributed by atoms with van der Waals surface area (Å²) in [5.74, 6) is -0.386. The highest BCUT2D eigenvalue weighted by Gasteiger charge is 2.38. The summed E-state index contributed by atoms with van der Waals surface area (Å²) in [7, 11) is 1.42. The lowest BCUT2D eigenvalue weighted by Crippen LogP contribution is -2.44. The van der Waals surface area contributed by atoms with Gasteiger partial charge in [0.2, 0.25) is 11.8 Å². The highest BCUT2D eigenvalue weighted by molar-refractivity contribution is 6.30. The van der Waals surface area contributed by atoms with E-state index >= 15 is 0 Å². The highest BCUT2D eigenvalue weighted by atomic mass is 35.5. The molecular weight excluding hydrogens is 395 g/mol. The van der Waals surface area contributed by atoms with Crippen LogP contribution in [-0.4, -0.2) is 24.5 Å². The fourth-order valence-corrected chi connectivity index (χ4v) is 3.89. The van der Waals surface area contributed by atoms with Crippen LogP contribution < -0.4 is 15.4 Å². The standard InChI is InChI=1S/C22H24ClFN2O3/c1-29-19-12-15(5-6-18(19)24)13-22(10-8-21(28)26-22)9-7-20(27)25-14-16-3-2-4-17(23)11-16/h2-6,11-12H,7-10,13-14H2,1H3,(H,25,27)(H,26,28)/t22-/m1/s1. The van der Waals surface area contributed by atoms with Crippen molar-refractivity contribution >= 4 is 23.4 Å². The molecule has 2 aromatic rings. The smallest absolute Gasteiger partial charge is 0.220 e. The van der Waals surface area contributed by atoms with E-state index in [9.17, 15) is 14.0 Å². The van der Waals surface area contributed by atoms with Gasteiger partial charge in [0.25, 0.3) is 0 Å². The lowest BCUT2D eigenvalue weighted by atomic mass is 9.85. The summed E-state index contributed by atoms with van der Waals surface area (Å²) in [4.78, 5) is 24.3. The first-order valence-corrected chi connectivity index (χ1v) is 9.91. The van der Waals surface area contributed by atoms with Crippen molar-refractivity contribution < 1.29 is 18.7 Å². The third-order valence-corrected chi connectivity index (χ3v) is 5.44. The Hall–Kier alpha value is -2.60. The van der Waals surface area contributed by atoms with Crippen LogP contribution in [0.25, 0.3) is 0 Å². The molecule has 0 spiro atoms. The lowest BCUT2D eigenvalue weighted by Gasteiger charge is -2.29. The zero-order chi connectivity index (χ0) is 20.9. The van der Waals surface area contributed by atoms with Crippen molar-refractivity contribution in [3.05, 3.63) is 64.4 Å². The minimum Gasteiger partial charge on any atom is -0.494 e. The van der Waals surface area contributed by atoms with Gasteiger partial charge in [-0.1, -0.05) is 29.8 Å². The molecule has 0 unspecified atom stereocenters. The Morgan fingerprint density at radius 3 is 2.79 bits per heavy atom. The average molecular weight is 419 g/mol. The van der Waals surface area contributed by atoms with Crippen LogP contribution in [0.4, 0.5) is 4.39 Å². The van der Waals surface area contributed by atoms with Crippen molar-refractivity contribution in [1.29, 1.82) is 0 Å². The summed E-state index contributed by atoms with van der Waals surface area (Å²) in [5, 5.41) is 6.55. The maximum absolute atomic E-state index is 13.7. The molecule has 1 saturated heterocycles. The molecule has 0 radical (unpaired) electrons. The first kappa shape index (κ1) is 21.1. The van der Waals surface area contributed by atoms with Crippen molar-refractivity contribution in [2.24, 2.45) is 0 Å². The minimum atomic E-state index is -0.521. The molecule has 29 heavy (non-hydrogen) atoms.